The molecule has 2 N–H and O–H groups in total. The highest BCUT2D eigenvalue weighted by molar-refractivity contribution is 6.03. The molecular weight excluding hydrogens is 240 g/mol. The topological polar surface area (TPSA) is 58.2 Å². The van der Waals surface area contributed by atoms with Gasteiger partial charge in [-0.2, -0.15) is 0 Å². The third-order valence-electron chi connectivity index (χ3n) is 2.45. The van der Waals surface area contributed by atoms with Crippen LogP contribution < -0.4 is 10.6 Å². The van der Waals surface area contributed by atoms with Gasteiger partial charge in [-0.25, -0.2) is 0 Å². The molecule has 0 aliphatic heterocycles. The Hall–Kier alpha value is -2.10. The lowest BCUT2D eigenvalue weighted by Gasteiger charge is -2.18. The van der Waals surface area contributed by atoms with E-state index < -0.39 is 5.41 Å². The Kier molecular flexibility index (Phi) is 4.48. The quantitative estimate of drug-likeness (QED) is 0.820. The maximum absolute atomic E-state index is 11.9. The Labute approximate surface area is 113 Å². The highest BCUT2D eigenvalue weighted by Crippen LogP contribution is 2.20. The molecule has 0 radical (unpaired) electrons. The molecule has 0 atom stereocenters. The van der Waals surface area contributed by atoms with Gasteiger partial charge in [-0.05, 0) is 25.1 Å². The number of carbonyl (C=O) groups is 2. The second kappa shape index (κ2) is 5.69. The van der Waals surface area contributed by atoms with Gasteiger partial charge in [0.05, 0.1) is 0 Å². The van der Waals surface area contributed by atoms with Crippen molar-refractivity contribution in [2.24, 2.45) is 5.41 Å². The zero-order chi connectivity index (χ0) is 14.6. The molecule has 1 rings (SSSR count). The van der Waals surface area contributed by atoms with Crippen LogP contribution in [0.3, 0.4) is 0 Å². The molecule has 19 heavy (non-hydrogen) atoms. The summed E-state index contributed by atoms with van der Waals surface area (Å²) in [5.74, 6) is -0.310. The monoisotopic (exact) mass is 260 g/mol. The van der Waals surface area contributed by atoms with E-state index in [9.17, 15) is 9.59 Å². The third kappa shape index (κ3) is 4.58. The summed E-state index contributed by atoms with van der Waals surface area (Å²) >= 11 is 0. The molecule has 0 aliphatic rings. The smallest absolute Gasteiger partial charge is 0.250 e. The van der Waals surface area contributed by atoms with Gasteiger partial charge in [-0.3, -0.25) is 9.59 Å². The molecule has 4 heteroatoms. The fraction of sp³-hybridized carbons (Fsp3) is 0.333. The lowest BCUT2D eigenvalue weighted by atomic mass is 9.95. The fourth-order valence-electron chi connectivity index (χ4n) is 1.23. The lowest BCUT2D eigenvalue weighted by Crippen LogP contribution is -2.27. The zero-order valence-corrected chi connectivity index (χ0v) is 11.8. The minimum Gasteiger partial charge on any atom is -0.326 e. The summed E-state index contributed by atoms with van der Waals surface area (Å²) in [6.45, 7) is 10.7. The van der Waals surface area contributed by atoms with E-state index in [1.807, 2.05) is 20.8 Å². The molecule has 1 aromatic carbocycles. The first-order valence-electron chi connectivity index (χ1n) is 6.08. The molecule has 0 fully saturated rings. The highest BCUT2D eigenvalue weighted by Gasteiger charge is 2.21. The molecule has 0 saturated carbocycles. The molecule has 0 bridgehead atoms. The van der Waals surface area contributed by atoms with E-state index in [0.29, 0.717) is 16.9 Å². The normalized spacial score (nSPS) is 10.7. The van der Waals surface area contributed by atoms with Gasteiger partial charge in [0, 0.05) is 22.4 Å². The number of hydrogen-bond donors (Lipinski definition) is 2. The second-order valence-corrected chi connectivity index (χ2v) is 5.52. The van der Waals surface area contributed by atoms with Crippen molar-refractivity contribution in [2.75, 3.05) is 10.6 Å². The van der Waals surface area contributed by atoms with Crippen molar-refractivity contribution in [1.82, 2.24) is 0 Å². The van der Waals surface area contributed by atoms with Crippen LogP contribution in [0.1, 0.15) is 27.7 Å². The van der Waals surface area contributed by atoms with Gasteiger partial charge >= 0.3 is 0 Å². The van der Waals surface area contributed by atoms with Gasteiger partial charge in [-0.1, -0.05) is 33.4 Å². The molecule has 0 spiro atoms. The van der Waals surface area contributed by atoms with E-state index in [2.05, 4.69) is 17.2 Å². The molecule has 0 saturated heterocycles. The van der Waals surface area contributed by atoms with Gasteiger partial charge in [0.25, 0.3) is 5.91 Å². The average molecular weight is 260 g/mol. The molecule has 0 heterocycles. The van der Waals surface area contributed by atoms with Crippen molar-refractivity contribution in [3.05, 3.63) is 36.4 Å². The van der Waals surface area contributed by atoms with Crippen molar-refractivity contribution < 1.29 is 9.59 Å². The SMILES string of the molecule is C=C(C)C(=O)Nc1cccc(NC(=O)C(C)(C)C)c1. The van der Waals surface area contributed by atoms with Crippen molar-refractivity contribution in [2.45, 2.75) is 27.7 Å². The Morgan fingerprint density at radius 3 is 2.11 bits per heavy atom. The predicted molar refractivity (Wildman–Crippen MR) is 78.0 cm³/mol. The van der Waals surface area contributed by atoms with E-state index in [-0.39, 0.29) is 11.8 Å². The standard InChI is InChI=1S/C15H20N2O2/c1-10(2)13(18)16-11-7-6-8-12(9-11)17-14(19)15(3,4)5/h6-9H,1H2,2-5H3,(H,16,18)(H,17,19). The summed E-state index contributed by atoms with van der Waals surface area (Å²) in [6, 6.07) is 7.02. The van der Waals surface area contributed by atoms with Crippen LogP contribution in [-0.4, -0.2) is 11.8 Å². The van der Waals surface area contributed by atoms with E-state index in [1.165, 1.54) is 0 Å². The summed E-state index contributed by atoms with van der Waals surface area (Å²) in [6.07, 6.45) is 0. The van der Waals surface area contributed by atoms with Crippen LogP contribution in [0.4, 0.5) is 11.4 Å². The van der Waals surface area contributed by atoms with Crippen LogP contribution in [0.2, 0.25) is 0 Å². The average Bonchev–Trinajstić information content (AvgIpc) is 2.27. The first-order valence-corrected chi connectivity index (χ1v) is 6.08. The molecule has 4 nitrogen and oxygen atoms in total. The number of anilines is 2. The summed E-state index contributed by atoms with van der Waals surface area (Å²) in [7, 11) is 0. The maximum Gasteiger partial charge on any atom is 0.250 e. The van der Waals surface area contributed by atoms with Gasteiger partial charge in [-0.15, -0.1) is 0 Å². The first kappa shape index (κ1) is 15.0. The number of benzene rings is 1. The summed E-state index contributed by atoms with van der Waals surface area (Å²) in [5, 5.41) is 5.52. The Bertz CT molecular complexity index is 513. The van der Waals surface area contributed by atoms with Gasteiger partial charge < -0.3 is 10.6 Å². The lowest BCUT2D eigenvalue weighted by molar-refractivity contribution is -0.123. The molecule has 2 amide bonds. The van der Waals surface area contributed by atoms with Gasteiger partial charge in [0.2, 0.25) is 5.91 Å². The largest absolute Gasteiger partial charge is 0.326 e. The maximum atomic E-state index is 11.9. The van der Waals surface area contributed by atoms with Crippen LogP contribution in [0.5, 0.6) is 0 Å². The van der Waals surface area contributed by atoms with Gasteiger partial charge in [0.15, 0.2) is 0 Å². The Morgan fingerprint density at radius 1 is 1.11 bits per heavy atom. The first-order chi connectivity index (χ1) is 8.70. The van der Waals surface area contributed by atoms with E-state index in [0.717, 1.165) is 0 Å². The Morgan fingerprint density at radius 2 is 1.63 bits per heavy atom. The van der Waals surface area contributed by atoms with Crippen LogP contribution >= 0.6 is 0 Å². The van der Waals surface area contributed by atoms with Crippen LogP contribution in [0.15, 0.2) is 36.4 Å². The number of hydrogen-bond acceptors (Lipinski definition) is 2. The Balaban J connectivity index is 2.81. The highest BCUT2D eigenvalue weighted by atomic mass is 16.2. The van der Waals surface area contributed by atoms with E-state index in [1.54, 1.807) is 31.2 Å². The van der Waals surface area contributed by atoms with E-state index in [4.69, 9.17) is 0 Å². The minimum atomic E-state index is -0.461. The molecule has 0 aliphatic carbocycles. The fourth-order valence-corrected chi connectivity index (χ4v) is 1.23. The molecule has 102 valence electrons. The van der Waals surface area contributed by atoms with Crippen molar-refractivity contribution >= 4 is 23.2 Å². The molecule has 0 unspecified atom stereocenters. The number of nitrogens with one attached hydrogen (secondary N) is 2. The molecular formula is C15H20N2O2. The van der Waals surface area contributed by atoms with Crippen LogP contribution in [0, 0.1) is 5.41 Å². The summed E-state index contributed by atoms with van der Waals surface area (Å²) < 4.78 is 0. The van der Waals surface area contributed by atoms with Crippen molar-refractivity contribution in [3.63, 3.8) is 0 Å². The van der Waals surface area contributed by atoms with Crippen LogP contribution in [-0.2, 0) is 9.59 Å². The minimum absolute atomic E-state index is 0.0733. The van der Waals surface area contributed by atoms with Crippen molar-refractivity contribution in [3.8, 4) is 0 Å². The third-order valence-corrected chi connectivity index (χ3v) is 2.45. The van der Waals surface area contributed by atoms with Crippen LogP contribution in [0.25, 0.3) is 0 Å². The number of carbonyl (C=O) groups excluding carboxylic acids is 2. The number of rotatable bonds is 3. The summed E-state index contributed by atoms with van der Waals surface area (Å²) in [5.41, 5.74) is 1.25. The second-order valence-electron chi connectivity index (χ2n) is 5.52. The number of amides is 2. The van der Waals surface area contributed by atoms with Crippen molar-refractivity contribution in [1.29, 1.82) is 0 Å². The van der Waals surface area contributed by atoms with E-state index >= 15 is 0 Å². The van der Waals surface area contributed by atoms with Gasteiger partial charge in [0.1, 0.15) is 0 Å². The summed E-state index contributed by atoms with van der Waals surface area (Å²) in [4.78, 5) is 23.4. The predicted octanol–water partition coefficient (Wildman–Crippen LogP) is 3.19. The molecule has 1 aromatic rings. The molecule has 0 aromatic heterocycles. The zero-order valence-electron chi connectivity index (χ0n) is 11.8.